The molecule has 0 fully saturated rings. The standard InChI is InChI=1S/C35H39N3O5S/c1-5-43-31-19-21-32(22-20-31)44(41,42)38(30-17-15-26(2)16-18-30)25-34(39)37(24-29-14-10-9-11-27(29)3)33(35(40)36-4)23-28-12-7-6-8-13-28/h6-22,33H,5,23-25H2,1-4H3,(H,36,40)/t33-/m1/s1. The summed E-state index contributed by atoms with van der Waals surface area (Å²) in [6, 6.07) is 29.3. The van der Waals surface area contributed by atoms with Gasteiger partial charge in [0.2, 0.25) is 11.8 Å². The summed E-state index contributed by atoms with van der Waals surface area (Å²) in [5, 5.41) is 2.71. The first-order valence-electron chi connectivity index (χ1n) is 14.6. The SMILES string of the molecule is CCOc1ccc(S(=O)(=O)N(CC(=O)N(Cc2ccccc2C)[C@H](Cc2ccccc2)C(=O)NC)c2ccc(C)cc2)cc1. The molecule has 0 spiro atoms. The molecule has 4 rings (SSSR count). The number of rotatable bonds is 13. The molecule has 0 unspecified atom stereocenters. The molecule has 0 aliphatic heterocycles. The van der Waals surface area contributed by atoms with Crippen LogP contribution in [0, 0.1) is 13.8 Å². The molecule has 4 aromatic carbocycles. The minimum atomic E-state index is -4.19. The Bertz CT molecular complexity index is 1660. The normalized spacial score (nSPS) is 11.8. The Labute approximate surface area is 260 Å². The molecule has 230 valence electrons. The van der Waals surface area contributed by atoms with Gasteiger partial charge in [0, 0.05) is 20.0 Å². The van der Waals surface area contributed by atoms with E-state index < -0.39 is 28.5 Å². The lowest BCUT2D eigenvalue weighted by Gasteiger charge is -2.34. The van der Waals surface area contributed by atoms with E-state index in [9.17, 15) is 18.0 Å². The molecule has 44 heavy (non-hydrogen) atoms. The third-order valence-electron chi connectivity index (χ3n) is 7.44. The van der Waals surface area contributed by atoms with Gasteiger partial charge in [0.25, 0.3) is 10.0 Å². The van der Waals surface area contributed by atoms with E-state index in [1.807, 2.05) is 75.4 Å². The van der Waals surface area contributed by atoms with Gasteiger partial charge in [-0.3, -0.25) is 13.9 Å². The van der Waals surface area contributed by atoms with E-state index in [0.29, 0.717) is 18.0 Å². The number of sulfonamides is 1. The smallest absolute Gasteiger partial charge is 0.264 e. The summed E-state index contributed by atoms with van der Waals surface area (Å²) in [6.07, 6.45) is 0.258. The van der Waals surface area contributed by atoms with Crippen LogP contribution in [0.1, 0.15) is 29.2 Å². The van der Waals surface area contributed by atoms with Crippen molar-refractivity contribution in [2.45, 2.75) is 44.7 Å². The van der Waals surface area contributed by atoms with Crippen LogP contribution in [-0.2, 0) is 32.6 Å². The minimum Gasteiger partial charge on any atom is -0.494 e. The van der Waals surface area contributed by atoms with Crippen molar-refractivity contribution >= 4 is 27.5 Å². The summed E-state index contributed by atoms with van der Waals surface area (Å²) in [4.78, 5) is 29.3. The molecular formula is C35H39N3O5S. The number of aryl methyl sites for hydroxylation is 2. The molecule has 0 bridgehead atoms. The van der Waals surface area contributed by atoms with Gasteiger partial charge in [0.15, 0.2) is 0 Å². The van der Waals surface area contributed by atoms with Crippen LogP contribution in [0.3, 0.4) is 0 Å². The molecule has 0 aliphatic rings. The van der Waals surface area contributed by atoms with Gasteiger partial charge >= 0.3 is 0 Å². The molecule has 9 heteroatoms. The second kappa shape index (κ2) is 14.7. The fourth-order valence-electron chi connectivity index (χ4n) is 4.93. The van der Waals surface area contributed by atoms with E-state index in [1.54, 1.807) is 36.4 Å². The number of carbonyl (C=O) groups is 2. The molecule has 4 aromatic rings. The number of nitrogens with one attached hydrogen (secondary N) is 1. The van der Waals surface area contributed by atoms with Gasteiger partial charge in [-0.05, 0) is 73.9 Å². The Morgan fingerprint density at radius 1 is 0.841 bits per heavy atom. The number of nitrogens with zero attached hydrogens (tertiary/aromatic N) is 2. The summed E-state index contributed by atoms with van der Waals surface area (Å²) in [6.45, 7) is 5.76. The van der Waals surface area contributed by atoms with Crippen molar-refractivity contribution in [1.82, 2.24) is 10.2 Å². The monoisotopic (exact) mass is 613 g/mol. The lowest BCUT2D eigenvalue weighted by molar-refractivity contribution is -0.139. The zero-order chi connectivity index (χ0) is 31.7. The number of benzene rings is 4. The first-order chi connectivity index (χ1) is 21.1. The van der Waals surface area contributed by atoms with Crippen molar-refractivity contribution < 1.29 is 22.7 Å². The van der Waals surface area contributed by atoms with Gasteiger partial charge in [-0.25, -0.2) is 8.42 Å². The van der Waals surface area contributed by atoms with Crippen LogP contribution in [-0.4, -0.2) is 51.4 Å². The summed E-state index contributed by atoms with van der Waals surface area (Å²) < 4.78 is 34.9. The second-order valence-corrected chi connectivity index (χ2v) is 12.4. The molecule has 0 aromatic heterocycles. The van der Waals surface area contributed by atoms with Crippen molar-refractivity contribution in [2.24, 2.45) is 0 Å². The Morgan fingerprint density at radius 2 is 1.48 bits per heavy atom. The van der Waals surface area contributed by atoms with Gasteiger partial charge in [0.05, 0.1) is 17.2 Å². The quantitative estimate of drug-likeness (QED) is 0.221. The molecule has 0 saturated heterocycles. The van der Waals surface area contributed by atoms with E-state index in [4.69, 9.17) is 4.74 Å². The third-order valence-corrected chi connectivity index (χ3v) is 9.23. The summed E-state index contributed by atoms with van der Waals surface area (Å²) in [7, 11) is -2.66. The maximum atomic E-state index is 14.4. The topological polar surface area (TPSA) is 96.0 Å². The van der Waals surface area contributed by atoms with E-state index in [1.165, 1.54) is 24.1 Å². The molecule has 0 saturated carbocycles. The highest BCUT2D eigenvalue weighted by atomic mass is 32.2. The van der Waals surface area contributed by atoms with Crippen LogP contribution in [0.25, 0.3) is 0 Å². The maximum absolute atomic E-state index is 14.4. The third kappa shape index (κ3) is 7.85. The molecule has 0 heterocycles. The number of carbonyl (C=O) groups excluding carboxylic acids is 2. The maximum Gasteiger partial charge on any atom is 0.264 e. The first kappa shape index (κ1) is 32.3. The molecule has 1 atom stereocenters. The predicted octanol–water partition coefficient (Wildman–Crippen LogP) is 5.28. The van der Waals surface area contributed by atoms with Crippen molar-refractivity contribution in [3.8, 4) is 5.75 Å². The van der Waals surface area contributed by atoms with E-state index in [0.717, 1.165) is 26.6 Å². The van der Waals surface area contributed by atoms with Crippen LogP contribution in [0.5, 0.6) is 5.75 Å². The summed E-state index contributed by atoms with van der Waals surface area (Å²) in [5.74, 6) is -0.303. The molecule has 0 radical (unpaired) electrons. The van der Waals surface area contributed by atoms with Crippen molar-refractivity contribution in [1.29, 1.82) is 0 Å². The fourth-order valence-corrected chi connectivity index (χ4v) is 6.35. The molecular weight excluding hydrogens is 574 g/mol. The Kier molecular flexibility index (Phi) is 10.8. The number of hydrogen-bond donors (Lipinski definition) is 1. The highest BCUT2D eigenvalue weighted by molar-refractivity contribution is 7.92. The number of amides is 2. The average molecular weight is 614 g/mol. The second-order valence-electron chi connectivity index (χ2n) is 10.5. The van der Waals surface area contributed by atoms with Crippen LogP contribution in [0.2, 0.25) is 0 Å². The molecule has 1 N–H and O–H groups in total. The van der Waals surface area contributed by atoms with Crippen LogP contribution < -0.4 is 14.4 Å². The van der Waals surface area contributed by atoms with Gasteiger partial charge < -0.3 is 15.0 Å². The Hall–Kier alpha value is -4.63. The molecule has 8 nitrogen and oxygen atoms in total. The van der Waals surface area contributed by atoms with E-state index in [2.05, 4.69) is 5.32 Å². The van der Waals surface area contributed by atoms with Crippen LogP contribution >= 0.6 is 0 Å². The van der Waals surface area contributed by atoms with Crippen LogP contribution in [0.4, 0.5) is 5.69 Å². The van der Waals surface area contributed by atoms with Gasteiger partial charge in [-0.1, -0.05) is 72.3 Å². The Morgan fingerprint density at radius 3 is 2.09 bits per heavy atom. The first-order valence-corrected chi connectivity index (χ1v) is 16.0. The van der Waals surface area contributed by atoms with Gasteiger partial charge in [0.1, 0.15) is 18.3 Å². The zero-order valence-electron chi connectivity index (χ0n) is 25.6. The lowest BCUT2D eigenvalue weighted by Crippen LogP contribution is -2.53. The number of likely N-dealkylation sites (N-methyl/N-ethyl adjacent to an activating group) is 1. The Balaban J connectivity index is 1.78. The molecule has 0 aliphatic carbocycles. The van der Waals surface area contributed by atoms with E-state index in [-0.39, 0.29) is 23.8 Å². The molecule has 2 amide bonds. The van der Waals surface area contributed by atoms with Crippen LogP contribution in [0.15, 0.2) is 108 Å². The van der Waals surface area contributed by atoms with Crippen molar-refractivity contribution in [3.63, 3.8) is 0 Å². The zero-order valence-corrected chi connectivity index (χ0v) is 26.4. The van der Waals surface area contributed by atoms with E-state index >= 15 is 0 Å². The predicted molar refractivity (Wildman–Crippen MR) is 173 cm³/mol. The summed E-state index contributed by atoms with van der Waals surface area (Å²) >= 11 is 0. The average Bonchev–Trinajstić information content (AvgIpc) is 3.03. The fraction of sp³-hybridized carbons (Fsp3) is 0.257. The van der Waals surface area contributed by atoms with Gasteiger partial charge in [-0.15, -0.1) is 0 Å². The lowest BCUT2D eigenvalue weighted by atomic mass is 10.0. The largest absolute Gasteiger partial charge is 0.494 e. The highest BCUT2D eigenvalue weighted by Gasteiger charge is 2.34. The van der Waals surface area contributed by atoms with Crippen molar-refractivity contribution in [2.75, 3.05) is 24.5 Å². The number of hydrogen-bond acceptors (Lipinski definition) is 5. The summed E-state index contributed by atoms with van der Waals surface area (Å²) in [5.41, 5.74) is 3.98. The highest BCUT2D eigenvalue weighted by Crippen LogP contribution is 2.27. The van der Waals surface area contributed by atoms with Crippen molar-refractivity contribution in [3.05, 3.63) is 125 Å². The minimum absolute atomic E-state index is 0.0203. The van der Waals surface area contributed by atoms with Gasteiger partial charge in [-0.2, -0.15) is 0 Å². The number of anilines is 1. The number of ether oxygens (including phenoxy) is 1.